The van der Waals surface area contributed by atoms with Crippen LogP contribution in [0.15, 0.2) is 24.3 Å². The number of carbonyl (C=O) groups excluding carboxylic acids is 1. The zero-order chi connectivity index (χ0) is 17.9. The summed E-state index contributed by atoms with van der Waals surface area (Å²) >= 11 is 0. The van der Waals surface area contributed by atoms with Crippen molar-refractivity contribution in [3.05, 3.63) is 29.8 Å². The van der Waals surface area contributed by atoms with Crippen molar-refractivity contribution in [1.82, 2.24) is 4.90 Å². The third kappa shape index (κ3) is 4.40. The van der Waals surface area contributed by atoms with Crippen LogP contribution in [0.25, 0.3) is 0 Å². The van der Waals surface area contributed by atoms with Crippen LogP contribution in [-0.2, 0) is 9.53 Å². The molecule has 1 aliphatic rings. The number of rotatable bonds is 4. The van der Waals surface area contributed by atoms with Crippen LogP contribution >= 0.6 is 0 Å². The van der Waals surface area contributed by atoms with E-state index in [1.165, 1.54) is 4.90 Å². The summed E-state index contributed by atoms with van der Waals surface area (Å²) in [6, 6.07) is 7.39. The van der Waals surface area contributed by atoms with Crippen LogP contribution in [0.3, 0.4) is 0 Å². The van der Waals surface area contributed by atoms with E-state index in [1.54, 1.807) is 20.8 Å². The molecular formula is C18H25NO5. The molecule has 1 fully saturated rings. The molecule has 1 N–H and O–H groups in total. The van der Waals surface area contributed by atoms with Gasteiger partial charge in [-0.15, -0.1) is 0 Å². The van der Waals surface area contributed by atoms with Gasteiger partial charge in [0.25, 0.3) is 0 Å². The molecule has 24 heavy (non-hydrogen) atoms. The van der Waals surface area contributed by atoms with Crippen molar-refractivity contribution in [3.63, 3.8) is 0 Å². The van der Waals surface area contributed by atoms with Crippen LogP contribution in [-0.4, -0.2) is 47.4 Å². The fraction of sp³-hybridized carbons (Fsp3) is 0.556. The zero-order valence-electron chi connectivity index (χ0n) is 14.6. The summed E-state index contributed by atoms with van der Waals surface area (Å²) in [6.07, 6.45) is -0.470. The molecule has 0 saturated carbocycles. The molecular weight excluding hydrogens is 310 g/mol. The average molecular weight is 335 g/mol. The Balaban J connectivity index is 2.15. The maximum absolute atomic E-state index is 12.2. The lowest BCUT2D eigenvalue weighted by Crippen LogP contribution is -2.35. The molecule has 6 nitrogen and oxygen atoms in total. The predicted octanol–water partition coefficient (Wildman–Crippen LogP) is 3.12. The lowest BCUT2D eigenvalue weighted by atomic mass is 9.89. The molecule has 0 spiro atoms. The second kappa shape index (κ2) is 7.11. The normalized spacial score (nSPS) is 20.8. The quantitative estimate of drug-likeness (QED) is 0.915. The molecule has 1 saturated heterocycles. The topological polar surface area (TPSA) is 76.1 Å². The number of nitrogens with zero attached hydrogens (tertiary/aromatic N) is 1. The second-order valence-electron chi connectivity index (χ2n) is 6.94. The van der Waals surface area contributed by atoms with Gasteiger partial charge in [0.1, 0.15) is 11.4 Å². The second-order valence-corrected chi connectivity index (χ2v) is 6.94. The predicted molar refractivity (Wildman–Crippen MR) is 89.3 cm³/mol. The van der Waals surface area contributed by atoms with Crippen LogP contribution in [0.4, 0.5) is 4.79 Å². The van der Waals surface area contributed by atoms with Gasteiger partial charge in [-0.05, 0) is 45.4 Å². The lowest BCUT2D eigenvalue weighted by Gasteiger charge is -2.24. The SMILES string of the molecule is CCOc1ccc([C@H]2CN(C(=O)OC(C)(C)C)C[C@@H]2C(=O)O)cc1. The highest BCUT2D eigenvalue weighted by Gasteiger charge is 2.41. The number of carbonyl (C=O) groups is 2. The van der Waals surface area contributed by atoms with Crippen molar-refractivity contribution in [2.75, 3.05) is 19.7 Å². The molecule has 6 heteroatoms. The summed E-state index contributed by atoms with van der Waals surface area (Å²) in [6.45, 7) is 8.34. The average Bonchev–Trinajstić information content (AvgIpc) is 2.92. The molecule has 1 aliphatic heterocycles. The van der Waals surface area contributed by atoms with E-state index in [4.69, 9.17) is 9.47 Å². The van der Waals surface area contributed by atoms with Crippen molar-refractivity contribution in [2.24, 2.45) is 5.92 Å². The molecule has 1 aromatic rings. The van der Waals surface area contributed by atoms with Crippen molar-refractivity contribution in [3.8, 4) is 5.75 Å². The van der Waals surface area contributed by atoms with Crippen LogP contribution in [0.1, 0.15) is 39.2 Å². The summed E-state index contributed by atoms with van der Waals surface area (Å²) in [4.78, 5) is 25.3. The van der Waals surface area contributed by atoms with Crippen LogP contribution < -0.4 is 4.74 Å². The molecule has 1 aromatic carbocycles. The monoisotopic (exact) mass is 335 g/mol. The number of hydrogen-bond donors (Lipinski definition) is 1. The third-order valence-electron chi connectivity index (χ3n) is 3.91. The first-order chi connectivity index (χ1) is 11.2. The number of carboxylic acid groups (broad SMARTS) is 1. The Hall–Kier alpha value is -2.24. The minimum atomic E-state index is -0.903. The molecule has 0 aliphatic carbocycles. The highest BCUT2D eigenvalue weighted by atomic mass is 16.6. The first kappa shape index (κ1) is 18.1. The summed E-state index contributed by atoms with van der Waals surface area (Å²) in [5.74, 6) is -1.06. The molecule has 132 valence electrons. The summed E-state index contributed by atoms with van der Waals surface area (Å²) in [5, 5.41) is 9.51. The Morgan fingerprint density at radius 1 is 1.21 bits per heavy atom. The third-order valence-corrected chi connectivity index (χ3v) is 3.91. The Morgan fingerprint density at radius 2 is 1.83 bits per heavy atom. The van der Waals surface area contributed by atoms with E-state index in [1.807, 2.05) is 31.2 Å². The molecule has 2 rings (SSSR count). The number of aliphatic carboxylic acids is 1. The summed E-state index contributed by atoms with van der Waals surface area (Å²) in [5.41, 5.74) is 0.282. The van der Waals surface area contributed by atoms with Crippen molar-refractivity contribution in [2.45, 2.75) is 39.2 Å². The van der Waals surface area contributed by atoms with Gasteiger partial charge in [-0.25, -0.2) is 4.79 Å². The molecule has 0 bridgehead atoms. The first-order valence-electron chi connectivity index (χ1n) is 8.14. The van der Waals surface area contributed by atoms with Crippen LogP contribution in [0.2, 0.25) is 0 Å². The molecule has 1 heterocycles. The minimum absolute atomic E-state index is 0.155. The Morgan fingerprint density at radius 3 is 2.33 bits per heavy atom. The fourth-order valence-electron chi connectivity index (χ4n) is 2.85. The van der Waals surface area contributed by atoms with Gasteiger partial charge in [0, 0.05) is 19.0 Å². The Bertz CT molecular complexity index is 590. The van der Waals surface area contributed by atoms with E-state index in [0.717, 1.165) is 11.3 Å². The molecule has 0 unspecified atom stereocenters. The van der Waals surface area contributed by atoms with Gasteiger partial charge in [0.2, 0.25) is 0 Å². The number of carboxylic acids is 1. The van der Waals surface area contributed by atoms with Gasteiger partial charge in [-0.1, -0.05) is 12.1 Å². The number of likely N-dealkylation sites (tertiary alicyclic amines) is 1. The maximum atomic E-state index is 12.2. The minimum Gasteiger partial charge on any atom is -0.494 e. The molecule has 0 aromatic heterocycles. The molecule has 2 atom stereocenters. The fourth-order valence-corrected chi connectivity index (χ4v) is 2.85. The van der Waals surface area contributed by atoms with E-state index in [9.17, 15) is 14.7 Å². The highest BCUT2D eigenvalue weighted by Crippen LogP contribution is 2.34. The number of hydrogen-bond acceptors (Lipinski definition) is 4. The van der Waals surface area contributed by atoms with E-state index >= 15 is 0 Å². The first-order valence-corrected chi connectivity index (χ1v) is 8.14. The van der Waals surface area contributed by atoms with Crippen LogP contribution in [0, 0.1) is 5.92 Å². The van der Waals surface area contributed by atoms with Gasteiger partial charge in [0.05, 0.1) is 12.5 Å². The van der Waals surface area contributed by atoms with Gasteiger partial charge < -0.3 is 19.5 Å². The van der Waals surface area contributed by atoms with E-state index < -0.39 is 23.6 Å². The smallest absolute Gasteiger partial charge is 0.410 e. The number of benzene rings is 1. The molecule has 1 amide bonds. The molecule has 0 radical (unpaired) electrons. The standard InChI is InChI=1S/C18H25NO5/c1-5-23-13-8-6-12(7-9-13)14-10-19(11-15(14)16(20)21)17(22)24-18(2,3)4/h6-9,14-15H,5,10-11H2,1-4H3,(H,20,21)/t14-,15+/m1/s1. The van der Waals surface area contributed by atoms with Crippen molar-refractivity contribution < 1.29 is 24.2 Å². The highest BCUT2D eigenvalue weighted by molar-refractivity contribution is 5.76. The number of amides is 1. The van der Waals surface area contributed by atoms with E-state index in [-0.39, 0.29) is 12.5 Å². The van der Waals surface area contributed by atoms with Crippen LogP contribution in [0.5, 0.6) is 5.75 Å². The summed E-state index contributed by atoms with van der Waals surface area (Å²) < 4.78 is 10.8. The van der Waals surface area contributed by atoms with Gasteiger partial charge in [-0.3, -0.25) is 4.79 Å². The Kier molecular flexibility index (Phi) is 5.36. The van der Waals surface area contributed by atoms with Gasteiger partial charge in [-0.2, -0.15) is 0 Å². The lowest BCUT2D eigenvalue weighted by molar-refractivity contribution is -0.141. The van der Waals surface area contributed by atoms with E-state index in [2.05, 4.69) is 0 Å². The van der Waals surface area contributed by atoms with E-state index in [0.29, 0.717) is 13.2 Å². The van der Waals surface area contributed by atoms with Gasteiger partial charge >= 0.3 is 12.1 Å². The Labute approximate surface area is 142 Å². The maximum Gasteiger partial charge on any atom is 0.410 e. The van der Waals surface area contributed by atoms with Crippen molar-refractivity contribution >= 4 is 12.1 Å². The summed E-state index contributed by atoms with van der Waals surface area (Å²) in [7, 11) is 0. The van der Waals surface area contributed by atoms with Gasteiger partial charge in [0.15, 0.2) is 0 Å². The largest absolute Gasteiger partial charge is 0.494 e. The zero-order valence-corrected chi connectivity index (χ0v) is 14.6. The number of ether oxygens (including phenoxy) is 2. The van der Waals surface area contributed by atoms with Crippen molar-refractivity contribution in [1.29, 1.82) is 0 Å².